The molecule has 0 heterocycles. The molecule has 0 aliphatic carbocycles. The molecule has 2 aromatic carbocycles. The van der Waals surface area contributed by atoms with E-state index < -0.39 is 6.03 Å². The van der Waals surface area contributed by atoms with Crippen molar-refractivity contribution in [3.8, 4) is 0 Å². The van der Waals surface area contributed by atoms with Crippen LogP contribution in [0.3, 0.4) is 0 Å². The third-order valence-corrected chi connectivity index (χ3v) is 4.34. The summed E-state index contributed by atoms with van der Waals surface area (Å²) in [6, 6.07) is 12.0. The van der Waals surface area contributed by atoms with E-state index in [4.69, 9.17) is 0 Å². The molecule has 2 aromatic rings. The third kappa shape index (κ3) is 6.62. The van der Waals surface area contributed by atoms with Gasteiger partial charge in [-0.15, -0.1) is 0 Å². The number of hydrogen-bond acceptors (Lipinski definition) is 3. The first-order valence-corrected chi connectivity index (χ1v) is 9.77. The Labute approximate surface area is 177 Å². The topological polar surface area (TPSA) is 90.5 Å². The quantitative estimate of drug-likeness (QED) is 0.697. The van der Waals surface area contributed by atoms with E-state index in [2.05, 4.69) is 16.0 Å². The average molecular weight is 411 g/mol. The van der Waals surface area contributed by atoms with Crippen molar-refractivity contribution in [2.45, 2.75) is 40.2 Å². The summed E-state index contributed by atoms with van der Waals surface area (Å²) >= 11 is 0. The average Bonchev–Trinajstić information content (AvgIpc) is 2.63. The fourth-order valence-corrected chi connectivity index (χ4v) is 2.85. The Morgan fingerprint density at radius 1 is 0.933 bits per heavy atom. The van der Waals surface area contributed by atoms with Crippen molar-refractivity contribution < 1.29 is 14.4 Å². The summed E-state index contributed by atoms with van der Waals surface area (Å²) in [7, 11) is 1.54. The largest absolute Gasteiger partial charge is 0.347 e. The van der Waals surface area contributed by atoms with Gasteiger partial charge in [0, 0.05) is 29.5 Å². The Hall–Kier alpha value is -3.35. The van der Waals surface area contributed by atoms with Gasteiger partial charge < -0.3 is 20.9 Å². The Balaban J connectivity index is 1.98. The number of carbonyl (C=O) groups is 3. The monoisotopic (exact) mass is 410 g/mol. The molecule has 0 atom stereocenters. The van der Waals surface area contributed by atoms with Gasteiger partial charge in [-0.05, 0) is 63.9 Å². The highest BCUT2D eigenvalue weighted by Crippen LogP contribution is 2.19. The van der Waals surface area contributed by atoms with Gasteiger partial charge in [-0.3, -0.25) is 9.59 Å². The number of para-hydroxylation sites is 1. The van der Waals surface area contributed by atoms with Crippen molar-refractivity contribution in [1.82, 2.24) is 10.2 Å². The van der Waals surface area contributed by atoms with Crippen LogP contribution in [-0.2, 0) is 4.79 Å². The minimum atomic E-state index is -0.444. The van der Waals surface area contributed by atoms with Gasteiger partial charge >= 0.3 is 6.03 Å². The van der Waals surface area contributed by atoms with Crippen LogP contribution in [0.15, 0.2) is 42.5 Å². The van der Waals surface area contributed by atoms with Gasteiger partial charge in [0.1, 0.15) is 6.54 Å². The molecule has 0 fully saturated rings. The molecule has 30 heavy (non-hydrogen) atoms. The highest BCUT2D eigenvalue weighted by Gasteiger charge is 2.17. The second kappa shape index (κ2) is 9.43. The molecule has 0 radical (unpaired) electrons. The zero-order valence-corrected chi connectivity index (χ0v) is 18.4. The molecule has 0 bridgehead atoms. The molecule has 0 saturated carbocycles. The van der Waals surface area contributed by atoms with Crippen molar-refractivity contribution in [2.24, 2.45) is 0 Å². The maximum Gasteiger partial charge on any atom is 0.322 e. The van der Waals surface area contributed by atoms with E-state index in [0.29, 0.717) is 11.3 Å². The van der Waals surface area contributed by atoms with Gasteiger partial charge in [-0.25, -0.2) is 4.79 Å². The van der Waals surface area contributed by atoms with Gasteiger partial charge in [0.2, 0.25) is 5.91 Å². The maximum atomic E-state index is 12.5. The van der Waals surface area contributed by atoms with Crippen molar-refractivity contribution in [3.63, 3.8) is 0 Å². The molecule has 3 N–H and O–H groups in total. The molecule has 0 aliphatic heterocycles. The van der Waals surface area contributed by atoms with E-state index in [0.717, 1.165) is 16.8 Å². The summed E-state index contributed by atoms with van der Waals surface area (Å²) in [6.45, 7) is 9.42. The zero-order chi connectivity index (χ0) is 22.5. The van der Waals surface area contributed by atoms with Crippen LogP contribution in [0, 0.1) is 13.8 Å². The molecule has 7 heteroatoms. The van der Waals surface area contributed by atoms with E-state index in [1.165, 1.54) is 11.9 Å². The van der Waals surface area contributed by atoms with Gasteiger partial charge in [-0.2, -0.15) is 0 Å². The Morgan fingerprint density at radius 2 is 1.53 bits per heavy atom. The van der Waals surface area contributed by atoms with E-state index in [1.807, 2.05) is 52.8 Å². The van der Waals surface area contributed by atoms with Crippen LogP contribution in [0.4, 0.5) is 16.2 Å². The standard InChI is InChI=1S/C23H30N4O3/c1-15-9-7-10-16(2)20(15)25-19(28)14-27(6)22(30)24-18-12-8-11-17(13-18)21(29)26-23(3,4)5/h7-13H,14H2,1-6H3,(H,24,30)(H,25,28)(H,26,29). The minimum absolute atomic E-state index is 0.107. The number of carbonyl (C=O) groups excluding carboxylic acids is 3. The summed E-state index contributed by atoms with van der Waals surface area (Å²) < 4.78 is 0. The van der Waals surface area contributed by atoms with Crippen LogP contribution in [-0.4, -0.2) is 41.9 Å². The fourth-order valence-electron chi connectivity index (χ4n) is 2.85. The third-order valence-electron chi connectivity index (χ3n) is 4.34. The van der Waals surface area contributed by atoms with Crippen LogP contribution in [0.2, 0.25) is 0 Å². The molecule has 7 nitrogen and oxygen atoms in total. The van der Waals surface area contributed by atoms with Crippen LogP contribution < -0.4 is 16.0 Å². The molecular formula is C23H30N4O3. The van der Waals surface area contributed by atoms with Crippen molar-refractivity contribution in [1.29, 1.82) is 0 Å². The number of benzene rings is 2. The predicted molar refractivity (Wildman–Crippen MR) is 120 cm³/mol. The zero-order valence-electron chi connectivity index (χ0n) is 18.4. The molecule has 160 valence electrons. The number of nitrogens with zero attached hydrogens (tertiary/aromatic N) is 1. The van der Waals surface area contributed by atoms with Crippen LogP contribution in [0.5, 0.6) is 0 Å². The number of rotatable bonds is 5. The summed E-state index contributed by atoms with van der Waals surface area (Å²) in [5.41, 5.74) is 3.23. The summed E-state index contributed by atoms with van der Waals surface area (Å²) in [5.74, 6) is -0.511. The van der Waals surface area contributed by atoms with E-state index in [-0.39, 0.29) is 23.9 Å². The highest BCUT2D eigenvalue weighted by molar-refractivity contribution is 5.99. The van der Waals surface area contributed by atoms with E-state index >= 15 is 0 Å². The Morgan fingerprint density at radius 3 is 2.13 bits per heavy atom. The summed E-state index contributed by atoms with van der Waals surface area (Å²) in [5, 5.41) is 8.46. The highest BCUT2D eigenvalue weighted by atomic mass is 16.2. The van der Waals surface area contributed by atoms with Crippen molar-refractivity contribution in [2.75, 3.05) is 24.2 Å². The smallest absolute Gasteiger partial charge is 0.322 e. The van der Waals surface area contributed by atoms with Crippen molar-refractivity contribution in [3.05, 3.63) is 59.2 Å². The van der Waals surface area contributed by atoms with Crippen LogP contribution >= 0.6 is 0 Å². The van der Waals surface area contributed by atoms with Gasteiger partial charge in [0.05, 0.1) is 0 Å². The molecule has 0 unspecified atom stereocenters. The lowest BCUT2D eigenvalue weighted by Gasteiger charge is -2.21. The first-order valence-electron chi connectivity index (χ1n) is 9.77. The number of hydrogen-bond donors (Lipinski definition) is 3. The number of urea groups is 1. The lowest BCUT2D eigenvalue weighted by molar-refractivity contribution is -0.116. The second-order valence-corrected chi connectivity index (χ2v) is 8.39. The maximum absolute atomic E-state index is 12.5. The molecule has 0 aliphatic rings. The fraction of sp³-hybridized carbons (Fsp3) is 0.348. The predicted octanol–water partition coefficient (Wildman–Crippen LogP) is 3.93. The number of aryl methyl sites for hydroxylation is 2. The molecule has 2 rings (SSSR count). The second-order valence-electron chi connectivity index (χ2n) is 8.39. The van der Waals surface area contributed by atoms with Gasteiger partial charge in [-0.1, -0.05) is 24.3 Å². The molecule has 0 aromatic heterocycles. The van der Waals surface area contributed by atoms with E-state index in [9.17, 15) is 14.4 Å². The first kappa shape index (κ1) is 22.9. The minimum Gasteiger partial charge on any atom is -0.347 e. The summed E-state index contributed by atoms with van der Waals surface area (Å²) in [6.07, 6.45) is 0. The number of likely N-dealkylation sites (N-methyl/N-ethyl adjacent to an activating group) is 1. The van der Waals surface area contributed by atoms with E-state index in [1.54, 1.807) is 24.3 Å². The van der Waals surface area contributed by atoms with Crippen LogP contribution in [0.25, 0.3) is 0 Å². The lowest BCUT2D eigenvalue weighted by Crippen LogP contribution is -2.40. The van der Waals surface area contributed by atoms with Gasteiger partial charge in [0.25, 0.3) is 5.91 Å². The number of amides is 4. The molecule has 4 amide bonds. The number of nitrogens with one attached hydrogen (secondary N) is 3. The molecule has 0 saturated heterocycles. The number of anilines is 2. The Bertz CT molecular complexity index is 927. The summed E-state index contributed by atoms with van der Waals surface area (Å²) in [4.78, 5) is 38.5. The first-order chi connectivity index (χ1) is 14.0. The molecule has 0 spiro atoms. The van der Waals surface area contributed by atoms with Crippen molar-refractivity contribution >= 4 is 29.2 Å². The molecular weight excluding hydrogens is 380 g/mol. The lowest BCUT2D eigenvalue weighted by atomic mass is 10.1. The normalized spacial score (nSPS) is 10.9. The SMILES string of the molecule is Cc1cccc(C)c1NC(=O)CN(C)C(=O)Nc1cccc(C(=O)NC(C)(C)C)c1. The Kier molecular flexibility index (Phi) is 7.21. The van der Waals surface area contributed by atoms with Gasteiger partial charge in [0.15, 0.2) is 0 Å². The van der Waals surface area contributed by atoms with Crippen LogP contribution in [0.1, 0.15) is 42.3 Å².